The molecule has 0 bridgehead atoms. The van der Waals surface area contributed by atoms with Gasteiger partial charge in [-0.2, -0.15) is 0 Å². The molecule has 9 heteroatoms. The number of amides is 1. The van der Waals surface area contributed by atoms with Gasteiger partial charge in [0.1, 0.15) is 17.3 Å². The number of rotatable bonds is 7. The molecule has 1 atom stereocenters. The number of piperazine rings is 1. The lowest BCUT2D eigenvalue weighted by atomic mass is 10.1. The maximum atomic E-state index is 13.2. The number of nitrogens with zero attached hydrogens (tertiary/aromatic N) is 2. The molecular formula is C25H29FN4O4. The average Bonchev–Trinajstić information content (AvgIpc) is 3.21. The monoisotopic (exact) mass is 468 g/mol. The maximum Gasteiger partial charge on any atom is 0.356 e. The molecule has 180 valence electrons. The fourth-order valence-electron chi connectivity index (χ4n) is 4.20. The SMILES string of the molecule is CCOC(=O)c1[nH]c2ccc(OC)cc2c1NC(=O)[C@H](C)N1CCN(c2ccc(F)cc2)CC1. The minimum absolute atomic E-state index is 0.201. The highest BCUT2D eigenvalue weighted by atomic mass is 19.1. The van der Waals surface area contributed by atoms with Crippen LogP contribution in [0.25, 0.3) is 10.9 Å². The van der Waals surface area contributed by atoms with Crippen LogP contribution in [0.2, 0.25) is 0 Å². The summed E-state index contributed by atoms with van der Waals surface area (Å²) in [5, 5.41) is 3.62. The Balaban J connectivity index is 1.49. The first-order valence-electron chi connectivity index (χ1n) is 11.3. The Morgan fingerprint density at radius 3 is 2.47 bits per heavy atom. The second kappa shape index (κ2) is 10.1. The van der Waals surface area contributed by atoms with Gasteiger partial charge < -0.3 is 24.7 Å². The summed E-state index contributed by atoms with van der Waals surface area (Å²) in [6.45, 7) is 6.61. The van der Waals surface area contributed by atoms with E-state index in [1.807, 2.05) is 6.92 Å². The van der Waals surface area contributed by atoms with E-state index in [2.05, 4.69) is 20.1 Å². The summed E-state index contributed by atoms with van der Waals surface area (Å²) in [4.78, 5) is 33.1. The van der Waals surface area contributed by atoms with Crippen molar-refractivity contribution in [1.82, 2.24) is 9.88 Å². The van der Waals surface area contributed by atoms with Gasteiger partial charge in [-0.05, 0) is 56.3 Å². The third-order valence-corrected chi connectivity index (χ3v) is 6.17. The van der Waals surface area contributed by atoms with Crippen molar-refractivity contribution in [2.45, 2.75) is 19.9 Å². The number of nitrogens with one attached hydrogen (secondary N) is 2. The van der Waals surface area contributed by atoms with Gasteiger partial charge in [0.15, 0.2) is 0 Å². The summed E-state index contributed by atoms with van der Waals surface area (Å²) in [6, 6.07) is 11.4. The van der Waals surface area contributed by atoms with Crippen molar-refractivity contribution < 1.29 is 23.5 Å². The number of ether oxygens (including phenoxy) is 2. The highest BCUT2D eigenvalue weighted by Gasteiger charge is 2.28. The highest BCUT2D eigenvalue weighted by molar-refractivity contribution is 6.12. The lowest BCUT2D eigenvalue weighted by molar-refractivity contribution is -0.120. The zero-order valence-electron chi connectivity index (χ0n) is 19.6. The zero-order valence-corrected chi connectivity index (χ0v) is 19.6. The van der Waals surface area contributed by atoms with Crippen LogP contribution in [0.5, 0.6) is 5.75 Å². The number of aromatic nitrogens is 1. The molecular weight excluding hydrogens is 439 g/mol. The summed E-state index contributed by atoms with van der Waals surface area (Å²) in [7, 11) is 1.56. The molecule has 1 fully saturated rings. The van der Waals surface area contributed by atoms with Gasteiger partial charge in [-0.25, -0.2) is 9.18 Å². The van der Waals surface area contributed by atoms with Crippen molar-refractivity contribution in [1.29, 1.82) is 0 Å². The van der Waals surface area contributed by atoms with Crippen LogP contribution in [0, 0.1) is 5.82 Å². The predicted octanol–water partition coefficient (Wildman–Crippen LogP) is 3.64. The Kier molecular flexibility index (Phi) is 7.02. The Hall–Kier alpha value is -3.59. The molecule has 4 rings (SSSR count). The third kappa shape index (κ3) is 4.84. The second-order valence-electron chi connectivity index (χ2n) is 8.17. The van der Waals surface area contributed by atoms with Gasteiger partial charge in [0, 0.05) is 42.8 Å². The molecule has 1 aliphatic heterocycles. The van der Waals surface area contributed by atoms with E-state index < -0.39 is 12.0 Å². The lowest BCUT2D eigenvalue weighted by Crippen LogP contribution is -2.52. The van der Waals surface area contributed by atoms with E-state index in [4.69, 9.17) is 9.47 Å². The second-order valence-corrected chi connectivity index (χ2v) is 8.17. The van der Waals surface area contributed by atoms with E-state index in [9.17, 15) is 14.0 Å². The Bertz CT molecular complexity index is 1170. The molecule has 1 aliphatic rings. The number of hydrogen-bond donors (Lipinski definition) is 2. The Morgan fingerprint density at radius 1 is 1.12 bits per heavy atom. The molecule has 0 radical (unpaired) electrons. The molecule has 0 spiro atoms. The van der Waals surface area contributed by atoms with Crippen molar-refractivity contribution in [2.24, 2.45) is 0 Å². The number of fused-ring (bicyclic) bond motifs is 1. The van der Waals surface area contributed by atoms with Crippen LogP contribution >= 0.6 is 0 Å². The first-order valence-corrected chi connectivity index (χ1v) is 11.3. The van der Waals surface area contributed by atoms with E-state index in [-0.39, 0.29) is 24.0 Å². The molecule has 0 saturated carbocycles. The van der Waals surface area contributed by atoms with Crippen LogP contribution in [0.1, 0.15) is 24.3 Å². The van der Waals surface area contributed by atoms with E-state index in [1.54, 1.807) is 44.4 Å². The summed E-state index contributed by atoms with van der Waals surface area (Å²) in [5.74, 6) is -0.398. The van der Waals surface area contributed by atoms with Crippen LogP contribution in [-0.4, -0.2) is 67.7 Å². The number of esters is 1. The number of carbonyl (C=O) groups excluding carboxylic acids is 2. The number of carbonyl (C=O) groups is 2. The molecule has 0 aliphatic carbocycles. The Labute approximate surface area is 197 Å². The number of anilines is 2. The van der Waals surface area contributed by atoms with E-state index in [1.165, 1.54) is 12.1 Å². The number of benzene rings is 2. The highest BCUT2D eigenvalue weighted by Crippen LogP contribution is 2.32. The molecule has 2 heterocycles. The van der Waals surface area contributed by atoms with E-state index in [0.717, 1.165) is 18.8 Å². The average molecular weight is 469 g/mol. The molecule has 34 heavy (non-hydrogen) atoms. The molecule has 1 aromatic heterocycles. The number of methoxy groups -OCH3 is 1. The minimum Gasteiger partial charge on any atom is -0.497 e. The molecule has 3 aromatic rings. The normalized spacial score (nSPS) is 15.2. The lowest BCUT2D eigenvalue weighted by Gasteiger charge is -2.38. The molecule has 2 N–H and O–H groups in total. The summed E-state index contributed by atoms with van der Waals surface area (Å²) >= 11 is 0. The summed E-state index contributed by atoms with van der Waals surface area (Å²) in [5.41, 5.74) is 2.24. The van der Waals surface area contributed by atoms with Crippen LogP contribution < -0.4 is 15.0 Å². The number of aromatic amines is 1. The molecule has 0 unspecified atom stereocenters. The van der Waals surface area contributed by atoms with Crippen LogP contribution in [0.15, 0.2) is 42.5 Å². The van der Waals surface area contributed by atoms with E-state index >= 15 is 0 Å². The van der Waals surface area contributed by atoms with Gasteiger partial charge in [-0.3, -0.25) is 9.69 Å². The first kappa shape index (κ1) is 23.6. The zero-order chi connectivity index (χ0) is 24.2. The van der Waals surface area contributed by atoms with Crippen molar-refractivity contribution in [2.75, 3.05) is 50.1 Å². The summed E-state index contributed by atoms with van der Waals surface area (Å²) < 4.78 is 23.7. The van der Waals surface area contributed by atoms with E-state index in [0.29, 0.717) is 35.4 Å². The fourth-order valence-corrected chi connectivity index (χ4v) is 4.20. The van der Waals surface area contributed by atoms with Crippen molar-refractivity contribution in [3.63, 3.8) is 0 Å². The predicted molar refractivity (Wildman–Crippen MR) is 129 cm³/mol. The van der Waals surface area contributed by atoms with Gasteiger partial charge in [-0.1, -0.05) is 0 Å². The third-order valence-electron chi connectivity index (χ3n) is 6.17. The van der Waals surface area contributed by atoms with Gasteiger partial charge in [0.25, 0.3) is 0 Å². The van der Waals surface area contributed by atoms with Crippen LogP contribution in [0.4, 0.5) is 15.8 Å². The number of halogens is 1. The van der Waals surface area contributed by atoms with Gasteiger partial charge >= 0.3 is 5.97 Å². The maximum absolute atomic E-state index is 13.2. The van der Waals surface area contributed by atoms with Gasteiger partial charge in [-0.15, -0.1) is 0 Å². The molecule has 1 saturated heterocycles. The number of hydrogen-bond acceptors (Lipinski definition) is 6. The molecule has 2 aromatic carbocycles. The smallest absolute Gasteiger partial charge is 0.356 e. The van der Waals surface area contributed by atoms with Crippen molar-refractivity contribution >= 4 is 34.2 Å². The summed E-state index contributed by atoms with van der Waals surface area (Å²) in [6.07, 6.45) is 0. The van der Waals surface area contributed by atoms with Gasteiger partial charge in [0.05, 0.1) is 25.4 Å². The van der Waals surface area contributed by atoms with Crippen molar-refractivity contribution in [3.8, 4) is 5.75 Å². The van der Waals surface area contributed by atoms with Crippen LogP contribution in [0.3, 0.4) is 0 Å². The fraction of sp³-hybridized carbons (Fsp3) is 0.360. The Morgan fingerprint density at radius 2 is 1.82 bits per heavy atom. The number of H-pyrrole nitrogens is 1. The molecule has 8 nitrogen and oxygen atoms in total. The minimum atomic E-state index is -0.534. The largest absolute Gasteiger partial charge is 0.497 e. The topological polar surface area (TPSA) is 86.9 Å². The van der Waals surface area contributed by atoms with Gasteiger partial charge in [0.2, 0.25) is 5.91 Å². The van der Waals surface area contributed by atoms with Crippen LogP contribution in [-0.2, 0) is 9.53 Å². The standard InChI is InChI=1S/C25H29FN4O4/c1-4-34-25(32)23-22(20-15-19(33-3)9-10-21(20)27-23)28-24(31)16(2)29-11-13-30(14-12-29)18-7-5-17(26)6-8-18/h5-10,15-16,27H,4,11-14H2,1-3H3,(H,28,31)/t16-/m0/s1. The molecule has 1 amide bonds. The van der Waals surface area contributed by atoms with Crippen molar-refractivity contribution in [3.05, 3.63) is 54.0 Å². The quantitative estimate of drug-likeness (QED) is 0.515. The first-order chi connectivity index (χ1) is 16.4.